The first-order chi connectivity index (χ1) is 9.45. The van der Waals surface area contributed by atoms with Crippen molar-refractivity contribution in [3.05, 3.63) is 33.7 Å². The van der Waals surface area contributed by atoms with Crippen molar-refractivity contribution in [3.63, 3.8) is 0 Å². The summed E-state index contributed by atoms with van der Waals surface area (Å²) in [5.74, 6) is 0.250. The number of nitrogens with one attached hydrogen (secondary N) is 1. The summed E-state index contributed by atoms with van der Waals surface area (Å²) in [4.78, 5) is 12.0. The number of anilines is 1. The molecule has 1 unspecified atom stereocenters. The summed E-state index contributed by atoms with van der Waals surface area (Å²) < 4.78 is 25.1. The Morgan fingerprint density at radius 2 is 2.35 bits per heavy atom. The standard InChI is InChI=1S/C12H16BrN3O3S/c1-2-5-16-12(17)11(13)10(8-15-16)14-7-9-4-3-6-20(9,18)19/h2,8-9,14H,1,3-7H2. The zero-order valence-electron chi connectivity index (χ0n) is 10.9. The number of rotatable bonds is 5. The summed E-state index contributed by atoms with van der Waals surface area (Å²) in [6, 6.07) is 0. The number of hydrogen-bond donors (Lipinski definition) is 1. The van der Waals surface area contributed by atoms with Crippen LogP contribution in [0.3, 0.4) is 0 Å². The van der Waals surface area contributed by atoms with Crippen LogP contribution in [0, 0.1) is 0 Å². The topological polar surface area (TPSA) is 81.1 Å². The van der Waals surface area contributed by atoms with Crippen molar-refractivity contribution in [1.82, 2.24) is 9.78 Å². The Kier molecular flexibility index (Phi) is 4.64. The van der Waals surface area contributed by atoms with Crippen molar-refractivity contribution in [1.29, 1.82) is 0 Å². The number of aromatic nitrogens is 2. The Bertz CT molecular complexity index is 669. The fourth-order valence-corrected chi connectivity index (χ4v) is 4.36. The van der Waals surface area contributed by atoms with Gasteiger partial charge in [-0.25, -0.2) is 13.1 Å². The number of allylic oxidation sites excluding steroid dienone is 1. The lowest BCUT2D eigenvalue weighted by Crippen LogP contribution is -2.28. The van der Waals surface area contributed by atoms with Gasteiger partial charge in [0, 0.05) is 6.54 Å². The molecule has 0 aliphatic carbocycles. The third-order valence-corrected chi connectivity index (χ3v) is 6.31. The molecule has 0 aromatic carbocycles. The van der Waals surface area contributed by atoms with E-state index in [2.05, 4.69) is 32.9 Å². The maximum atomic E-state index is 12.0. The van der Waals surface area contributed by atoms with Crippen LogP contribution in [-0.2, 0) is 16.4 Å². The van der Waals surface area contributed by atoms with E-state index in [9.17, 15) is 13.2 Å². The van der Waals surface area contributed by atoms with Crippen LogP contribution < -0.4 is 10.9 Å². The van der Waals surface area contributed by atoms with Gasteiger partial charge in [0.2, 0.25) is 0 Å². The van der Waals surface area contributed by atoms with Crippen molar-refractivity contribution in [2.45, 2.75) is 24.6 Å². The molecule has 0 amide bonds. The molecule has 20 heavy (non-hydrogen) atoms. The molecule has 110 valence electrons. The molecule has 0 saturated carbocycles. The SMILES string of the molecule is C=CCn1ncc(NCC2CCCS2(=O)=O)c(Br)c1=O. The van der Waals surface area contributed by atoms with Crippen molar-refractivity contribution >= 4 is 31.5 Å². The zero-order valence-corrected chi connectivity index (χ0v) is 13.3. The van der Waals surface area contributed by atoms with E-state index in [1.54, 1.807) is 6.08 Å². The highest BCUT2D eigenvalue weighted by molar-refractivity contribution is 9.10. The lowest BCUT2D eigenvalue weighted by molar-refractivity contribution is 0.591. The van der Waals surface area contributed by atoms with E-state index in [0.717, 1.165) is 0 Å². The molecular weight excluding hydrogens is 346 g/mol. The van der Waals surface area contributed by atoms with Crippen LogP contribution >= 0.6 is 15.9 Å². The Morgan fingerprint density at radius 3 is 2.95 bits per heavy atom. The third-order valence-electron chi connectivity index (χ3n) is 3.27. The van der Waals surface area contributed by atoms with Gasteiger partial charge in [-0.1, -0.05) is 6.08 Å². The molecular formula is C12H16BrN3O3S. The second-order valence-corrected chi connectivity index (χ2v) is 7.85. The predicted molar refractivity (Wildman–Crippen MR) is 81.7 cm³/mol. The molecule has 1 aromatic rings. The second-order valence-electron chi connectivity index (χ2n) is 4.66. The fourth-order valence-electron chi connectivity index (χ4n) is 2.15. The maximum absolute atomic E-state index is 12.0. The first-order valence-corrected chi connectivity index (χ1v) is 8.78. The molecule has 2 heterocycles. The molecule has 2 rings (SSSR count). The van der Waals surface area contributed by atoms with Crippen molar-refractivity contribution < 1.29 is 8.42 Å². The van der Waals surface area contributed by atoms with Gasteiger partial charge < -0.3 is 5.32 Å². The lowest BCUT2D eigenvalue weighted by Gasteiger charge is -2.13. The molecule has 1 aliphatic heterocycles. The van der Waals surface area contributed by atoms with Gasteiger partial charge in [0.15, 0.2) is 9.84 Å². The normalized spacial score (nSPS) is 20.8. The first kappa shape index (κ1) is 15.2. The molecule has 1 aromatic heterocycles. The molecule has 1 aliphatic rings. The van der Waals surface area contributed by atoms with E-state index < -0.39 is 9.84 Å². The van der Waals surface area contributed by atoms with Gasteiger partial charge in [0.25, 0.3) is 5.56 Å². The third kappa shape index (κ3) is 3.12. The smallest absolute Gasteiger partial charge is 0.283 e. The van der Waals surface area contributed by atoms with Gasteiger partial charge in [-0.2, -0.15) is 5.10 Å². The van der Waals surface area contributed by atoms with Crippen molar-refractivity contribution in [3.8, 4) is 0 Å². The molecule has 6 nitrogen and oxygen atoms in total. The van der Waals surface area contributed by atoms with Gasteiger partial charge in [0.05, 0.1) is 29.4 Å². The van der Waals surface area contributed by atoms with E-state index in [4.69, 9.17) is 0 Å². The minimum Gasteiger partial charge on any atom is -0.381 e. The highest BCUT2D eigenvalue weighted by atomic mass is 79.9. The summed E-state index contributed by atoms with van der Waals surface area (Å²) in [6.45, 7) is 4.18. The van der Waals surface area contributed by atoms with E-state index in [-0.39, 0.29) is 16.6 Å². The van der Waals surface area contributed by atoms with E-state index in [1.807, 2.05) is 0 Å². The van der Waals surface area contributed by atoms with Crippen LogP contribution in [0.2, 0.25) is 0 Å². The Labute approximate surface area is 125 Å². The Morgan fingerprint density at radius 1 is 1.60 bits per heavy atom. The lowest BCUT2D eigenvalue weighted by atomic mass is 10.2. The summed E-state index contributed by atoms with van der Waals surface area (Å²) in [6.07, 6.45) is 4.46. The summed E-state index contributed by atoms with van der Waals surface area (Å²) in [5.41, 5.74) is 0.238. The quantitative estimate of drug-likeness (QED) is 0.796. The molecule has 0 radical (unpaired) electrons. The molecule has 0 spiro atoms. The first-order valence-electron chi connectivity index (χ1n) is 6.27. The Hall–Kier alpha value is -1.15. The molecule has 1 saturated heterocycles. The van der Waals surface area contributed by atoms with Crippen LogP contribution in [0.4, 0.5) is 5.69 Å². The monoisotopic (exact) mass is 361 g/mol. The fraction of sp³-hybridized carbons (Fsp3) is 0.500. The van der Waals surface area contributed by atoms with Crippen molar-refractivity contribution in [2.24, 2.45) is 0 Å². The zero-order chi connectivity index (χ0) is 14.8. The van der Waals surface area contributed by atoms with E-state index in [1.165, 1.54) is 10.9 Å². The van der Waals surface area contributed by atoms with Gasteiger partial charge in [-0.3, -0.25) is 4.79 Å². The largest absolute Gasteiger partial charge is 0.381 e. The number of sulfone groups is 1. The van der Waals surface area contributed by atoms with E-state index >= 15 is 0 Å². The minimum atomic E-state index is -2.99. The molecule has 1 N–H and O–H groups in total. The van der Waals surface area contributed by atoms with Gasteiger partial charge in [-0.05, 0) is 28.8 Å². The van der Waals surface area contributed by atoms with Crippen molar-refractivity contribution in [2.75, 3.05) is 17.6 Å². The summed E-state index contributed by atoms with van der Waals surface area (Å²) in [5, 5.41) is 6.61. The summed E-state index contributed by atoms with van der Waals surface area (Å²) in [7, 11) is -2.99. The highest BCUT2D eigenvalue weighted by Crippen LogP contribution is 2.22. The molecule has 8 heteroatoms. The second kappa shape index (κ2) is 6.09. The van der Waals surface area contributed by atoms with Crippen LogP contribution in [0.5, 0.6) is 0 Å². The predicted octanol–water partition coefficient (Wildman–Crippen LogP) is 1.18. The molecule has 1 fully saturated rings. The molecule has 1 atom stereocenters. The average molecular weight is 362 g/mol. The number of nitrogens with zero attached hydrogens (tertiary/aromatic N) is 2. The van der Waals surface area contributed by atoms with Crippen LogP contribution in [0.1, 0.15) is 12.8 Å². The van der Waals surface area contributed by atoms with Crippen LogP contribution in [0.25, 0.3) is 0 Å². The van der Waals surface area contributed by atoms with Gasteiger partial charge in [-0.15, -0.1) is 6.58 Å². The van der Waals surface area contributed by atoms with Crippen LogP contribution in [-0.4, -0.2) is 35.7 Å². The Balaban J connectivity index is 2.13. The van der Waals surface area contributed by atoms with Gasteiger partial charge >= 0.3 is 0 Å². The average Bonchev–Trinajstić information content (AvgIpc) is 2.73. The minimum absolute atomic E-state index is 0.250. The van der Waals surface area contributed by atoms with E-state index in [0.29, 0.717) is 36.1 Å². The number of halogens is 1. The summed E-state index contributed by atoms with van der Waals surface area (Å²) >= 11 is 3.22. The van der Waals surface area contributed by atoms with Crippen LogP contribution in [0.15, 0.2) is 28.1 Å². The number of hydrogen-bond acceptors (Lipinski definition) is 5. The maximum Gasteiger partial charge on any atom is 0.283 e. The van der Waals surface area contributed by atoms with Gasteiger partial charge in [0.1, 0.15) is 4.47 Å². The highest BCUT2D eigenvalue weighted by Gasteiger charge is 2.31. The molecule has 0 bridgehead atoms.